The quantitative estimate of drug-likeness (QED) is 0.193. The number of carbonyl (C=O) groups excluding carboxylic acids is 1. The number of rotatable bonds is 14. The predicted octanol–water partition coefficient (Wildman–Crippen LogP) is 6.28. The van der Waals surface area contributed by atoms with E-state index in [9.17, 15) is 9.59 Å². The summed E-state index contributed by atoms with van der Waals surface area (Å²) in [7, 11) is 0. The van der Waals surface area contributed by atoms with E-state index in [1.54, 1.807) is 0 Å². The zero-order valence-corrected chi connectivity index (χ0v) is 21.3. The Labute approximate surface area is 207 Å². The van der Waals surface area contributed by atoms with Crippen LogP contribution in [0.25, 0.3) is 16.6 Å². The number of aromatic nitrogens is 2. The average molecular weight is 486 g/mol. The third-order valence-electron chi connectivity index (χ3n) is 5.57. The number of benzene rings is 1. The highest BCUT2D eigenvalue weighted by Crippen LogP contribution is 2.24. The molecule has 184 valence electrons. The number of hydrogen-bond donors (Lipinski definition) is 1. The molecule has 0 radical (unpaired) electrons. The van der Waals surface area contributed by atoms with Crippen LogP contribution in [0.2, 0.25) is 0 Å². The van der Waals surface area contributed by atoms with Crippen LogP contribution >= 0.6 is 11.6 Å². The molecular weight excluding hydrogens is 450 g/mol. The zero-order valence-electron chi connectivity index (χ0n) is 20.5. The molecule has 7 heteroatoms. The maximum atomic E-state index is 13.2. The average Bonchev–Trinajstić information content (AvgIpc) is 2.83. The molecule has 2 rings (SSSR count). The van der Waals surface area contributed by atoms with E-state index in [0.717, 1.165) is 54.8 Å². The van der Waals surface area contributed by atoms with E-state index in [0.29, 0.717) is 36.2 Å². The Hall–Kier alpha value is -2.73. The fourth-order valence-electron chi connectivity index (χ4n) is 3.80. The maximum Gasteiger partial charge on any atom is 0.303 e. The third kappa shape index (κ3) is 7.94. The van der Waals surface area contributed by atoms with Gasteiger partial charge >= 0.3 is 5.97 Å². The maximum absolute atomic E-state index is 13.2. The topological polar surface area (TPSA) is 83.4 Å². The number of carbonyl (C=O) groups is 2. The molecule has 1 N–H and O–H groups in total. The van der Waals surface area contributed by atoms with Crippen LogP contribution in [0.15, 0.2) is 36.4 Å². The van der Waals surface area contributed by atoms with E-state index < -0.39 is 5.97 Å². The van der Waals surface area contributed by atoms with E-state index >= 15 is 0 Å². The summed E-state index contributed by atoms with van der Waals surface area (Å²) < 4.78 is 0. The van der Waals surface area contributed by atoms with Gasteiger partial charge in [0, 0.05) is 31.0 Å². The van der Waals surface area contributed by atoms with Gasteiger partial charge in [-0.05, 0) is 62.8 Å². The Morgan fingerprint density at radius 3 is 2.50 bits per heavy atom. The lowest BCUT2D eigenvalue weighted by Gasteiger charge is -2.22. The van der Waals surface area contributed by atoms with Crippen molar-refractivity contribution in [3.05, 3.63) is 53.4 Å². The molecule has 0 saturated heterocycles. The second-order valence-corrected chi connectivity index (χ2v) is 8.58. The fourth-order valence-corrected chi connectivity index (χ4v) is 3.89. The van der Waals surface area contributed by atoms with Crippen molar-refractivity contribution in [1.29, 1.82) is 0 Å². The van der Waals surface area contributed by atoms with Gasteiger partial charge in [-0.2, -0.15) is 0 Å². The van der Waals surface area contributed by atoms with Crippen LogP contribution in [0.4, 0.5) is 0 Å². The minimum Gasteiger partial charge on any atom is -0.481 e. The number of carboxylic acids is 1. The normalized spacial score (nSPS) is 11.9. The van der Waals surface area contributed by atoms with Gasteiger partial charge in [0.25, 0.3) is 5.91 Å². The van der Waals surface area contributed by atoms with Crippen molar-refractivity contribution >= 4 is 40.1 Å². The van der Waals surface area contributed by atoms with E-state index in [4.69, 9.17) is 26.7 Å². The van der Waals surface area contributed by atoms with Gasteiger partial charge in [0.2, 0.25) is 0 Å². The lowest BCUT2D eigenvalue weighted by Crippen LogP contribution is -2.32. The first kappa shape index (κ1) is 27.5. The molecule has 1 aromatic heterocycles. The first-order valence-electron chi connectivity index (χ1n) is 12.2. The van der Waals surface area contributed by atoms with E-state index in [-0.39, 0.29) is 12.3 Å². The van der Waals surface area contributed by atoms with E-state index in [1.165, 1.54) is 0 Å². The molecule has 1 aromatic carbocycles. The second-order valence-electron chi connectivity index (χ2n) is 8.27. The molecule has 0 atom stereocenters. The van der Waals surface area contributed by atoms with Crippen LogP contribution in [0.1, 0.15) is 81.0 Å². The molecular formula is C27H36ClN3O3. The molecule has 1 heterocycles. The molecule has 0 aliphatic rings. The van der Waals surface area contributed by atoms with Gasteiger partial charge in [-0.3, -0.25) is 9.59 Å². The molecule has 2 aromatic rings. The predicted molar refractivity (Wildman–Crippen MR) is 139 cm³/mol. The SMILES string of the molecule is CC=C(C=CCCl)c1nc2ccc(C(=O)N(CCC)CCCC)cc2nc1CCCCC(=O)O. The van der Waals surface area contributed by atoms with Gasteiger partial charge < -0.3 is 10.0 Å². The number of alkyl halides is 1. The van der Waals surface area contributed by atoms with Crippen molar-refractivity contribution in [3.63, 3.8) is 0 Å². The van der Waals surface area contributed by atoms with Gasteiger partial charge in [0.05, 0.1) is 22.4 Å². The van der Waals surface area contributed by atoms with Crippen molar-refractivity contribution < 1.29 is 14.7 Å². The summed E-state index contributed by atoms with van der Waals surface area (Å²) in [6.45, 7) is 7.62. The summed E-state index contributed by atoms with van der Waals surface area (Å²) in [6, 6.07) is 5.51. The Morgan fingerprint density at radius 1 is 1.06 bits per heavy atom. The van der Waals surface area contributed by atoms with Crippen LogP contribution in [0.5, 0.6) is 0 Å². The molecule has 0 bridgehead atoms. The summed E-state index contributed by atoms with van der Waals surface area (Å²) in [5, 5.41) is 8.95. The minimum absolute atomic E-state index is 0.0188. The fraction of sp³-hybridized carbons (Fsp3) is 0.481. The number of halogens is 1. The summed E-state index contributed by atoms with van der Waals surface area (Å²) in [5.41, 5.74) is 4.48. The molecule has 34 heavy (non-hydrogen) atoms. The van der Waals surface area contributed by atoms with E-state index in [1.807, 2.05) is 48.3 Å². The van der Waals surface area contributed by atoms with Crippen molar-refractivity contribution in [2.75, 3.05) is 19.0 Å². The molecule has 0 fully saturated rings. The Balaban J connectivity index is 2.45. The van der Waals surface area contributed by atoms with Crippen LogP contribution in [0.3, 0.4) is 0 Å². The highest BCUT2D eigenvalue weighted by atomic mass is 35.5. The number of carboxylic acid groups (broad SMARTS) is 1. The monoisotopic (exact) mass is 485 g/mol. The Morgan fingerprint density at radius 2 is 1.85 bits per heavy atom. The molecule has 0 unspecified atom stereocenters. The van der Waals surface area contributed by atoms with Crippen LogP contribution in [-0.2, 0) is 11.2 Å². The number of hydrogen-bond acceptors (Lipinski definition) is 4. The smallest absolute Gasteiger partial charge is 0.303 e. The standard InChI is InChI=1S/C27H36ClN3O3/c1-4-7-18-31(17-5-2)27(34)21-14-15-22-24(19-21)29-23(12-8-9-13-25(32)33)26(30-22)20(6-3)11-10-16-28/h6,10-11,14-15,19H,4-5,7-9,12-13,16-18H2,1-3H3,(H,32,33). The number of amides is 1. The first-order valence-corrected chi connectivity index (χ1v) is 12.7. The van der Waals surface area contributed by atoms with Crippen molar-refractivity contribution in [3.8, 4) is 0 Å². The molecule has 0 aliphatic heterocycles. The number of unbranched alkanes of at least 4 members (excludes halogenated alkanes) is 2. The van der Waals surface area contributed by atoms with Gasteiger partial charge in [0.1, 0.15) is 0 Å². The number of allylic oxidation sites excluding steroid dienone is 4. The first-order chi connectivity index (χ1) is 16.4. The lowest BCUT2D eigenvalue weighted by molar-refractivity contribution is -0.137. The van der Waals surface area contributed by atoms with Crippen molar-refractivity contribution in [2.45, 2.75) is 65.7 Å². The summed E-state index contributed by atoms with van der Waals surface area (Å²) >= 11 is 5.84. The number of nitrogens with zero attached hydrogens (tertiary/aromatic N) is 3. The third-order valence-corrected chi connectivity index (χ3v) is 5.75. The van der Waals surface area contributed by atoms with Gasteiger partial charge in [0.15, 0.2) is 0 Å². The van der Waals surface area contributed by atoms with Gasteiger partial charge in [-0.1, -0.05) is 38.5 Å². The summed E-state index contributed by atoms with van der Waals surface area (Å²) in [5.74, 6) is -0.388. The minimum atomic E-state index is -0.799. The Bertz CT molecular complexity index is 1030. The lowest BCUT2D eigenvalue weighted by atomic mass is 10.0. The van der Waals surface area contributed by atoms with Crippen molar-refractivity contribution in [2.24, 2.45) is 0 Å². The number of fused-ring (bicyclic) bond motifs is 1. The second kappa shape index (κ2) is 14.5. The zero-order chi connectivity index (χ0) is 24.9. The molecule has 1 amide bonds. The molecule has 0 saturated carbocycles. The summed E-state index contributed by atoms with van der Waals surface area (Å²) in [6.07, 6.45) is 10.7. The highest BCUT2D eigenvalue weighted by molar-refractivity contribution is 6.19. The number of aryl methyl sites for hydroxylation is 1. The van der Waals surface area contributed by atoms with E-state index in [2.05, 4.69) is 13.8 Å². The highest BCUT2D eigenvalue weighted by Gasteiger charge is 2.17. The summed E-state index contributed by atoms with van der Waals surface area (Å²) in [4.78, 5) is 35.8. The molecule has 0 aliphatic carbocycles. The van der Waals surface area contributed by atoms with Gasteiger partial charge in [-0.15, -0.1) is 11.6 Å². The number of aliphatic carboxylic acids is 1. The van der Waals surface area contributed by atoms with Crippen LogP contribution < -0.4 is 0 Å². The van der Waals surface area contributed by atoms with Crippen LogP contribution in [-0.4, -0.2) is 50.8 Å². The van der Waals surface area contributed by atoms with Gasteiger partial charge in [-0.25, -0.2) is 9.97 Å². The van der Waals surface area contributed by atoms with Crippen molar-refractivity contribution in [1.82, 2.24) is 14.9 Å². The molecule has 0 spiro atoms. The Kier molecular flexibility index (Phi) is 11.7. The molecule has 6 nitrogen and oxygen atoms in total. The largest absolute Gasteiger partial charge is 0.481 e. The van der Waals surface area contributed by atoms with Crippen LogP contribution in [0, 0.1) is 0 Å².